The lowest BCUT2D eigenvalue weighted by atomic mass is 10.6. The van der Waals surface area contributed by atoms with Crippen LogP contribution in [0, 0.1) is 0 Å². The zero-order chi connectivity index (χ0) is 57.4. The van der Waals surface area contributed by atoms with Gasteiger partial charge in [-0.15, -0.1) is 6.58 Å². The first-order valence-corrected chi connectivity index (χ1v) is 28.4. The Balaban J connectivity index is -0.00000000620. The first-order chi connectivity index (χ1) is 28.8. The molecule has 402 valence electrons. The molecular formula is C58H170. The van der Waals surface area contributed by atoms with Crippen molar-refractivity contribution in [2.24, 2.45) is 0 Å². The van der Waals surface area contributed by atoms with Crippen LogP contribution in [0.25, 0.3) is 0 Å². The van der Waals surface area contributed by atoms with Gasteiger partial charge in [0.2, 0.25) is 0 Å². The molecule has 0 aliphatic carbocycles. The van der Waals surface area contributed by atoms with E-state index in [1.54, 1.807) is 6.08 Å². The van der Waals surface area contributed by atoms with Crippen LogP contribution in [-0.2, 0) is 0 Å². The molecule has 0 aromatic rings. The second kappa shape index (κ2) is 58200. The summed E-state index contributed by atoms with van der Waals surface area (Å²) in [5.41, 5.74) is 0. The minimum Gasteiger partial charge on any atom is -0.103 e. The Morgan fingerprint density at radius 3 is 0.172 bits per heavy atom. The predicted octanol–water partition coefficient (Wildman–Crippen LogP) is 29.3. The van der Waals surface area contributed by atoms with E-state index in [9.17, 15) is 0 Å². The lowest BCUT2D eigenvalue weighted by Crippen LogP contribution is -1.27. The summed E-state index contributed by atoms with van der Waals surface area (Å²) >= 11 is 0. The van der Waals surface area contributed by atoms with Crippen LogP contribution in [-0.4, -0.2) is 0 Å². The van der Waals surface area contributed by atoms with Gasteiger partial charge in [-0.25, -0.2) is 0 Å². The summed E-state index contributed by atoms with van der Waals surface area (Å²) in [6.45, 7) is 114. The minimum atomic E-state index is 1.25. The van der Waals surface area contributed by atoms with Crippen LogP contribution >= 0.6 is 0 Å². The first-order valence-electron chi connectivity index (χ1n) is 28.4. The van der Waals surface area contributed by atoms with Crippen molar-refractivity contribution >= 4 is 0 Å². The molecule has 58 heavy (non-hydrogen) atoms. The molecule has 0 unspecified atom stereocenters. The average molecular weight is 868 g/mol. The van der Waals surface area contributed by atoms with Gasteiger partial charge < -0.3 is 0 Å². The van der Waals surface area contributed by atoms with Crippen molar-refractivity contribution < 1.29 is 0 Å². The maximum atomic E-state index is 3.36. The Hall–Kier alpha value is -0.260. The van der Waals surface area contributed by atoms with Crippen LogP contribution in [0.3, 0.4) is 0 Å². The second-order valence-corrected chi connectivity index (χ2v) is 1.12. The molecule has 0 radical (unpaired) electrons. The summed E-state index contributed by atoms with van der Waals surface area (Å²) in [5.74, 6) is 0. The third-order valence-corrected chi connectivity index (χ3v) is 0. The van der Waals surface area contributed by atoms with Crippen LogP contribution in [0.1, 0.15) is 387 Å². The topological polar surface area (TPSA) is 0 Å². The van der Waals surface area contributed by atoms with Gasteiger partial charge in [0.05, 0.1) is 0 Å². The Kier molecular flexibility index (Phi) is 211000. The maximum Gasteiger partial charge on any atom is -0.0473 e. The van der Waals surface area contributed by atoms with Crippen LogP contribution in [0.15, 0.2) is 12.7 Å². The van der Waals surface area contributed by atoms with Crippen LogP contribution in [0.2, 0.25) is 0 Å². The van der Waals surface area contributed by atoms with Crippen LogP contribution in [0.5, 0.6) is 0 Å². The monoisotopic (exact) mass is 867 g/mol. The molecule has 0 amide bonds. The molecular weight excluding hydrogens is 697 g/mol. The van der Waals surface area contributed by atoms with Gasteiger partial charge in [-0.1, -0.05) is 386 Å². The summed E-state index contributed by atoms with van der Waals surface area (Å²) in [6.07, 6.45) is 3.00. The van der Waals surface area contributed by atoms with Crippen molar-refractivity contribution in [3.8, 4) is 0 Å². The highest BCUT2D eigenvalue weighted by atomic mass is 13.4. The van der Waals surface area contributed by atoms with Gasteiger partial charge in [-0.3, -0.25) is 0 Å². The van der Waals surface area contributed by atoms with Crippen LogP contribution in [0.4, 0.5) is 0 Å². The van der Waals surface area contributed by atoms with Gasteiger partial charge in [0, 0.05) is 0 Å². The van der Waals surface area contributed by atoms with Gasteiger partial charge in [0.25, 0.3) is 0 Å². The molecule has 0 heteroatoms. The summed E-state index contributed by atoms with van der Waals surface area (Å²) < 4.78 is 0. The van der Waals surface area contributed by atoms with E-state index in [0.717, 1.165) is 0 Å². The van der Waals surface area contributed by atoms with E-state index in [4.69, 9.17) is 0 Å². The molecule has 0 bridgehead atoms. The Labute approximate surface area is 398 Å². The molecule has 0 saturated heterocycles. The molecule has 0 aliphatic rings. The zero-order valence-corrected chi connectivity index (χ0v) is 57.0. The van der Waals surface area contributed by atoms with E-state index in [-0.39, 0.29) is 0 Å². The Morgan fingerprint density at radius 2 is 0.172 bits per heavy atom. The minimum absolute atomic E-state index is 1.25. The Bertz CT molecular complexity index is 14.0. The normalized spacial score (nSPS) is 3.22. The predicted molar refractivity (Wildman–Crippen MR) is 327 cm³/mol. The van der Waals surface area contributed by atoms with Crippen molar-refractivity contribution in [2.45, 2.75) is 387 Å². The molecule has 0 heterocycles. The zero-order valence-electron chi connectivity index (χ0n) is 57.0. The molecule has 0 spiro atoms. The number of hydrogen-bond acceptors (Lipinski definition) is 0. The number of rotatable bonds is 0. The molecule has 0 fully saturated rings. The van der Waals surface area contributed by atoms with Gasteiger partial charge in [-0.2, -0.15) is 0 Å². The summed E-state index contributed by atoms with van der Waals surface area (Å²) in [7, 11) is 0. The number of allylic oxidation sites excluding steroid dienone is 1. The lowest BCUT2D eigenvalue weighted by Gasteiger charge is -1.48. The highest BCUT2D eigenvalue weighted by molar-refractivity contribution is 4.51. The summed E-state index contributed by atoms with van der Waals surface area (Å²) in [6, 6.07) is 0. The van der Waals surface area contributed by atoms with Crippen molar-refractivity contribution in [2.75, 3.05) is 0 Å². The van der Waals surface area contributed by atoms with Crippen molar-refractivity contribution in [1.29, 1.82) is 0 Å². The fourth-order valence-corrected chi connectivity index (χ4v) is 0. The largest absolute Gasteiger partial charge is 0.103 e. The van der Waals surface area contributed by atoms with E-state index in [2.05, 4.69) is 20.4 Å². The second-order valence-electron chi connectivity index (χ2n) is 1.12. The SMILES string of the molecule is C=CC.CC.CC.CC.CC.CC.CC.CC.CC.CC.CC.CC.CC.CC.CC.CC.CC.CC.CC.CC.CC.CC.CC.CC.CC.CC.CC.CCC. The molecule has 0 aliphatic heterocycles. The van der Waals surface area contributed by atoms with Crippen molar-refractivity contribution in [3.63, 3.8) is 0 Å². The van der Waals surface area contributed by atoms with Crippen LogP contribution < -0.4 is 0 Å². The first kappa shape index (κ1) is 210. The van der Waals surface area contributed by atoms with E-state index in [0.29, 0.717) is 0 Å². The molecule has 0 saturated carbocycles. The summed E-state index contributed by atoms with van der Waals surface area (Å²) in [5, 5.41) is 0. The van der Waals surface area contributed by atoms with E-state index >= 15 is 0 Å². The van der Waals surface area contributed by atoms with Crippen molar-refractivity contribution in [3.05, 3.63) is 12.7 Å². The molecule has 0 N–H and O–H groups in total. The maximum absolute atomic E-state index is 3.36. The third-order valence-electron chi connectivity index (χ3n) is 0. The molecule has 0 aromatic heterocycles. The van der Waals surface area contributed by atoms with E-state index < -0.39 is 0 Å². The smallest absolute Gasteiger partial charge is 0.0473 e. The number of hydrogen-bond donors (Lipinski definition) is 0. The fraction of sp³-hybridized carbons (Fsp3) is 0.966. The van der Waals surface area contributed by atoms with E-state index in [1.165, 1.54) is 6.42 Å². The average Bonchev–Trinajstić information content (AvgIpc) is 3.44. The van der Waals surface area contributed by atoms with Gasteiger partial charge in [-0.05, 0) is 6.92 Å². The molecule has 0 rings (SSSR count). The van der Waals surface area contributed by atoms with Gasteiger partial charge in [0.15, 0.2) is 0 Å². The lowest BCUT2D eigenvalue weighted by molar-refractivity contribution is 1.09. The van der Waals surface area contributed by atoms with Crippen molar-refractivity contribution in [1.82, 2.24) is 0 Å². The summed E-state index contributed by atoms with van der Waals surface area (Å²) in [4.78, 5) is 0. The van der Waals surface area contributed by atoms with Gasteiger partial charge in [0.1, 0.15) is 0 Å². The molecule has 0 nitrogen and oxygen atoms in total. The Morgan fingerprint density at radius 1 is 0.172 bits per heavy atom. The van der Waals surface area contributed by atoms with E-state index in [1.807, 2.05) is 367 Å². The third kappa shape index (κ3) is 2470000. The molecule has 0 aromatic carbocycles. The quantitative estimate of drug-likeness (QED) is 0.213. The fourth-order valence-electron chi connectivity index (χ4n) is 0. The standard InChI is InChI=1S/C3H8.C3H6.26C2H6/c2*1-3-2;26*1-2/h3H2,1-2H3;3H,1H2,2H3;26*1-2H3. The molecule has 0 atom stereocenters. The van der Waals surface area contributed by atoms with Gasteiger partial charge >= 0.3 is 0 Å². The highest BCUT2D eigenvalue weighted by Crippen LogP contribution is 1.56. The highest BCUT2D eigenvalue weighted by Gasteiger charge is 1.35.